The van der Waals surface area contributed by atoms with Crippen molar-refractivity contribution in [1.82, 2.24) is 24.6 Å². The van der Waals surface area contributed by atoms with Crippen molar-refractivity contribution in [3.05, 3.63) is 54.7 Å². The lowest BCUT2D eigenvalue weighted by Gasteiger charge is -2.32. The number of hydrogen-bond donors (Lipinski definition) is 0. The number of nitrogens with zero attached hydrogens (tertiary/aromatic N) is 5. The first-order valence-electron chi connectivity index (χ1n) is 8.13. The molecule has 8 heteroatoms. The Labute approximate surface area is 144 Å². The number of oxazole rings is 1. The average Bonchev–Trinajstić information content (AvgIpc) is 3.28. The van der Waals surface area contributed by atoms with E-state index >= 15 is 0 Å². The number of morpholine rings is 1. The van der Waals surface area contributed by atoms with Crippen LogP contribution in [0.25, 0.3) is 11.5 Å². The molecule has 0 amide bonds. The van der Waals surface area contributed by atoms with Gasteiger partial charge < -0.3 is 9.15 Å². The van der Waals surface area contributed by atoms with Crippen LogP contribution in [-0.2, 0) is 17.8 Å². The first-order chi connectivity index (χ1) is 12.3. The number of rotatable bonds is 5. The number of halogens is 1. The molecule has 0 bridgehead atoms. The lowest BCUT2D eigenvalue weighted by Crippen LogP contribution is -2.43. The van der Waals surface area contributed by atoms with Gasteiger partial charge in [-0.3, -0.25) is 9.58 Å². The summed E-state index contributed by atoms with van der Waals surface area (Å²) in [6.45, 7) is 3.66. The van der Waals surface area contributed by atoms with Gasteiger partial charge in [0.15, 0.2) is 0 Å². The van der Waals surface area contributed by atoms with E-state index < -0.39 is 0 Å². The SMILES string of the molecule is Fc1ccc(-c2nc(CN3CCOC(Cn4cncn4)C3)co2)cc1. The lowest BCUT2D eigenvalue weighted by atomic mass is 10.2. The summed E-state index contributed by atoms with van der Waals surface area (Å²) in [6.07, 6.45) is 4.93. The van der Waals surface area contributed by atoms with Gasteiger partial charge >= 0.3 is 0 Å². The zero-order valence-electron chi connectivity index (χ0n) is 13.6. The Morgan fingerprint density at radius 3 is 2.92 bits per heavy atom. The Bertz CT molecular complexity index is 803. The zero-order valence-corrected chi connectivity index (χ0v) is 13.6. The second-order valence-electron chi connectivity index (χ2n) is 6.00. The van der Waals surface area contributed by atoms with Crippen molar-refractivity contribution in [3.63, 3.8) is 0 Å². The highest BCUT2D eigenvalue weighted by molar-refractivity contribution is 5.52. The highest BCUT2D eigenvalue weighted by atomic mass is 19.1. The van der Waals surface area contributed by atoms with Gasteiger partial charge in [0, 0.05) is 25.2 Å². The first kappa shape index (κ1) is 15.9. The molecule has 0 saturated carbocycles. The Hall–Kier alpha value is -2.58. The minimum Gasteiger partial charge on any atom is -0.444 e. The minimum absolute atomic E-state index is 0.0684. The van der Waals surface area contributed by atoms with Crippen LogP contribution in [0.15, 0.2) is 47.6 Å². The molecule has 0 N–H and O–H groups in total. The van der Waals surface area contributed by atoms with E-state index in [0.717, 1.165) is 24.3 Å². The van der Waals surface area contributed by atoms with E-state index in [9.17, 15) is 4.39 Å². The molecule has 0 radical (unpaired) electrons. The normalized spacial score (nSPS) is 18.5. The molecule has 4 rings (SSSR count). The average molecular weight is 343 g/mol. The summed E-state index contributed by atoms with van der Waals surface area (Å²) in [5.74, 6) is 0.227. The van der Waals surface area contributed by atoms with E-state index in [2.05, 4.69) is 20.0 Å². The maximum atomic E-state index is 13.0. The summed E-state index contributed by atoms with van der Waals surface area (Å²) >= 11 is 0. The van der Waals surface area contributed by atoms with Crippen molar-refractivity contribution >= 4 is 0 Å². The molecule has 25 heavy (non-hydrogen) atoms. The smallest absolute Gasteiger partial charge is 0.226 e. The molecule has 130 valence electrons. The maximum Gasteiger partial charge on any atom is 0.226 e. The Balaban J connectivity index is 1.37. The fraction of sp³-hybridized carbons (Fsp3) is 0.353. The molecule has 0 spiro atoms. The van der Waals surface area contributed by atoms with Crippen molar-refractivity contribution in [2.45, 2.75) is 19.2 Å². The number of ether oxygens (including phenoxy) is 1. The third kappa shape index (κ3) is 3.92. The molecular weight excluding hydrogens is 325 g/mol. The second kappa shape index (κ2) is 7.12. The van der Waals surface area contributed by atoms with E-state index in [0.29, 0.717) is 25.6 Å². The standard InChI is InChI=1S/C17H18FN5O2/c18-14-3-1-13(2-4-14)17-21-15(10-25-17)7-22-5-6-24-16(8-22)9-23-12-19-11-20-23/h1-4,10-12,16H,5-9H2. The molecule has 1 atom stereocenters. The molecule has 1 aromatic carbocycles. The van der Waals surface area contributed by atoms with Gasteiger partial charge in [0.25, 0.3) is 0 Å². The molecule has 1 fully saturated rings. The predicted octanol–water partition coefficient (Wildman–Crippen LogP) is 1.97. The van der Waals surface area contributed by atoms with Crippen LogP contribution in [0, 0.1) is 5.82 Å². The van der Waals surface area contributed by atoms with Gasteiger partial charge in [0.2, 0.25) is 5.89 Å². The van der Waals surface area contributed by atoms with Crippen LogP contribution in [0.4, 0.5) is 4.39 Å². The molecule has 2 aromatic heterocycles. The van der Waals surface area contributed by atoms with Gasteiger partial charge in [-0.05, 0) is 24.3 Å². The van der Waals surface area contributed by atoms with Crippen molar-refractivity contribution in [2.24, 2.45) is 0 Å². The molecule has 1 saturated heterocycles. The van der Waals surface area contributed by atoms with Crippen molar-refractivity contribution in [3.8, 4) is 11.5 Å². The fourth-order valence-electron chi connectivity index (χ4n) is 2.90. The Kier molecular flexibility index (Phi) is 4.53. The first-order valence-corrected chi connectivity index (χ1v) is 8.13. The van der Waals surface area contributed by atoms with E-state index in [-0.39, 0.29) is 11.9 Å². The van der Waals surface area contributed by atoms with Gasteiger partial charge in [-0.25, -0.2) is 14.4 Å². The number of aromatic nitrogens is 4. The summed E-state index contributed by atoms with van der Waals surface area (Å²) in [5.41, 5.74) is 1.61. The van der Waals surface area contributed by atoms with E-state index in [1.54, 1.807) is 29.4 Å². The van der Waals surface area contributed by atoms with Gasteiger partial charge in [0.1, 0.15) is 24.7 Å². The number of hydrogen-bond acceptors (Lipinski definition) is 6. The second-order valence-corrected chi connectivity index (χ2v) is 6.00. The Morgan fingerprint density at radius 1 is 1.24 bits per heavy atom. The topological polar surface area (TPSA) is 69.2 Å². The lowest BCUT2D eigenvalue weighted by molar-refractivity contribution is -0.0406. The van der Waals surface area contributed by atoms with Crippen LogP contribution >= 0.6 is 0 Å². The van der Waals surface area contributed by atoms with Crippen LogP contribution in [-0.4, -0.2) is 50.4 Å². The van der Waals surface area contributed by atoms with Gasteiger partial charge in [0.05, 0.1) is 24.9 Å². The van der Waals surface area contributed by atoms with Crippen molar-refractivity contribution < 1.29 is 13.5 Å². The maximum absolute atomic E-state index is 13.0. The van der Waals surface area contributed by atoms with Crippen molar-refractivity contribution in [2.75, 3.05) is 19.7 Å². The minimum atomic E-state index is -0.276. The third-order valence-electron chi connectivity index (χ3n) is 4.11. The van der Waals surface area contributed by atoms with Crippen LogP contribution < -0.4 is 0 Å². The highest BCUT2D eigenvalue weighted by Gasteiger charge is 2.22. The predicted molar refractivity (Wildman–Crippen MR) is 86.9 cm³/mol. The van der Waals surface area contributed by atoms with Crippen LogP contribution in [0.2, 0.25) is 0 Å². The molecule has 0 aliphatic carbocycles. The summed E-state index contributed by atoms with van der Waals surface area (Å²) in [5, 5.41) is 4.12. The molecule has 1 unspecified atom stereocenters. The molecule has 1 aliphatic rings. The third-order valence-corrected chi connectivity index (χ3v) is 4.11. The van der Waals surface area contributed by atoms with Crippen molar-refractivity contribution in [1.29, 1.82) is 0 Å². The molecule has 3 aromatic rings. The summed E-state index contributed by atoms with van der Waals surface area (Å²) in [7, 11) is 0. The van der Waals surface area contributed by atoms with Gasteiger partial charge in [-0.15, -0.1) is 0 Å². The molecular formula is C17H18FN5O2. The van der Waals surface area contributed by atoms with Crippen LogP contribution in [0.1, 0.15) is 5.69 Å². The fourth-order valence-corrected chi connectivity index (χ4v) is 2.90. The quantitative estimate of drug-likeness (QED) is 0.705. The van der Waals surface area contributed by atoms with Crippen LogP contribution in [0.5, 0.6) is 0 Å². The summed E-state index contributed by atoms with van der Waals surface area (Å²) in [4.78, 5) is 10.7. The molecule has 1 aliphatic heterocycles. The van der Waals surface area contributed by atoms with E-state index in [4.69, 9.17) is 9.15 Å². The van der Waals surface area contributed by atoms with Crippen LogP contribution in [0.3, 0.4) is 0 Å². The number of benzene rings is 1. The summed E-state index contributed by atoms with van der Waals surface area (Å²) < 4.78 is 26.1. The zero-order chi connectivity index (χ0) is 17.1. The van der Waals surface area contributed by atoms with Gasteiger partial charge in [-0.2, -0.15) is 5.10 Å². The Morgan fingerprint density at radius 2 is 2.12 bits per heavy atom. The molecule has 7 nitrogen and oxygen atoms in total. The monoisotopic (exact) mass is 343 g/mol. The van der Waals surface area contributed by atoms with E-state index in [1.165, 1.54) is 18.5 Å². The molecule has 3 heterocycles. The highest BCUT2D eigenvalue weighted by Crippen LogP contribution is 2.20. The summed E-state index contributed by atoms with van der Waals surface area (Å²) in [6, 6.07) is 6.12. The van der Waals surface area contributed by atoms with E-state index in [1.807, 2.05) is 0 Å². The largest absolute Gasteiger partial charge is 0.444 e. The van der Waals surface area contributed by atoms with Gasteiger partial charge in [-0.1, -0.05) is 0 Å².